The predicted molar refractivity (Wildman–Crippen MR) is 56.1 cm³/mol. The van der Waals surface area contributed by atoms with Gasteiger partial charge in [-0.1, -0.05) is 0 Å². The average Bonchev–Trinajstić information content (AvgIpc) is 2.16. The fraction of sp³-hybridized carbons (Fsp3) is 0.364. The number of fused-ring (bicyclic) bond motifs is 1. The van der Waals surface area contributed by atoms with Gasteiger partial charge in [0.15, 0.2) is 0 Å². The topological polar surface area (TPSA) is 46.3 Å². The first-order valence-corrected chi connectivity index (χ1v) is 4.98. The van der Waals surface area contributed by atoms with Gasteiger partial charge >= 0.3 is 0 Å². The van der Waals surface area contributed by atoms with E-state index in [1.165, 1.54) is 12.1 Å². The van der Waals surface area contributed by atoms with Crippen LogP contribution < -0.4 is 10.6 Å². The van der Waals surface area contributed by atoms with Crippen molar-refractivity contribution < 1.29 is 9.18 Å². The summed E-state index contributed by atoms with van der Waals surface area (Å²) in [6.45, 7) is 1.01. The number of anilines is 1. The number of nitrogens with zero attached hydrogens (tertiary/aromatic N) is 1. The highest BCUT2D eigenvalue weighted by Crippen LogP contribution is 2.27. The van der Waals surface area contributed by atoms with Crippen LogP contribution in [0.3, 0.4) is 0 Å². The van der Waals surface area contributed by atoms with Crippen molar-refractivity contribution >= 4 is 11.6 Å². The maximum Gasteiger partial charge on any atom is 0.236 e. The number of carbonyl (C=O) groups is 1. The molecule has 0 spiro atoms. The van der Waals surface area contributed by atoms with Crippen molar-refractivity contribution in [3.63, 3.8) is 0 Å². The van der Waals surface area contributed by atoms with E-state index in [2.05, 4.69) is 0 Å². The quantitative estimate of drug-likeness (QED) is 0.790. The minimum Gasteiger partial charge on any atom is -0.368 e. The highest BCUT2D eigenvalue weighted by Gasteiger charge is 2.18. The lowest BCUT2D eigenvalue weighted by atomic mass is 10.0. The minimum absolute atomic E-state index is 0.207. The number of benzene rings is 1. The number of hydrogen-bond acceptors (Lipinski definition) is 2. The van der Waals surface area contributed by atoms with Gasteiger partial charge in [-0.25, -0.2) is 4.39 Å². The van der Waals surface area contributed by atoms with Gasteiger partial charge in [0.25, 0.3) is 0 Å². The second-order valence-corrected chi connectivity index (χ2v) is 3.76. The Bertz CT molecular complexity index is 392. The molecule has 0 saturated heterocycles. The lowest BCUT2D eigenvalue weighted by molar-refractivity contribution is -0.116. The van der Waals surface area contributed by atoms with Crippen molar-refractivity contribution in [1.82, 2.24) is 0 Å². The number of nitrogens with two attached hydrogens (primary N) is 1. The van der Waals surface area contributed by atoms with Gasteiger partial charge in [0.1, 0.15) is 5.82 Å². The first kappa shape index (κ1) is 9.96. The number of rotatable bonds is 2. The summed E-state index contributed by atoms with van der Waals surface area (Å²) < 4.78 is 13.0. The van der Waals surface area contributed by atoms with E-state index in [4.69, 9.17) is 5.73 Å². The molecule has 0 aliphatic carbocycles. The zero-order valence-electron chi connectivity index (χ0n) is 8.37. The third-order valence-corrected chi connectivity index (χ3v) is 2.60. The predicted octanol–water partition coefficient (Wildman–Crippen LogP) is 1.06. The Morgan fingerprint density at radius 2 is 2.33 bits per heavy atom. The molecule has 0 unspecified atom stereocenters. The Hall–Kier alpha value is -1.58. The number of aryl methyl sites for hydroxylation is 1. The molecule has 0 bridgehead atoms. The zero-order chi connectivity index (χ0) is 10.8. The Labute approximate surface area is 87.7 Å². The third kappa shape index (κ3) is 2.09. The van der Waals surface area contributed by atoms with Crippen LogP contribution in [-0.4, -0.2) is 19.0 Å². The van der Waals surface area contributed by atoms with E-state index in [-0.39, 0.29) is 18.3 Å². The zero-order valence-corrected chi connectivity index (χ0v) is 8.37. The summed E-state index contributed by atoms with van der Waals surface area (Å²) in [7, 11) is 0. The molecule has 2 N–H and O–H groups in total. The van der Waals surface area contributed by atoms with Crippen molar-refractivity contribution in [2.75, 3.05) is 18.0 Å². The number of halogens is 1. The molecule has 3 nitrogen and oxygen atoms in total. The summed E-state index contributed by atoms with van der Waals surface area (Å²) in [4.78, 5) is 12.8. The Kier molecular flexibility index (Phi) is 2.58. The molecule has 1 amide bonds. The highest BCUT2D eigenvalue weighted by molar-refractivity contribution is 5.80. The average molecular weight is 208 g/mol. The van der Waals surface area contributed by atoms with E-state index in [0.29, 0.717) is 0 Å². The van der Waals surface area contributed by atoms with Crippen molar-refractivity contribution in [3.8, 4) is 0 Å². The molecule has 0 radical (unpaired) electrons. The standard InChI is InChI=1S/C11H13FN2O/c12-9-3-4-10-8(6-9)2-1-5-14(10)7-11(13)15/h3-4,6H,1-2,5,7H2,(H2,13,15). The molecule has 1 aromatic carbocycles. The molecular weight excluding hydrogens is 195 g/mol. The van der Waals surface area contributed by atoms with Gasteiger partial charge in [-0.05, 0) is 36.6 Å². The van der Waals surface area contributed by atoms with Crippen LogP contribution >= 0.6 is 0 Å². The van der Waals surface area contributed by atoms with Gasteiger partial charge in [-0.2, -0.15) is 0 Å². The van der Waals surface area contributed by atoms with Crippen LogP contribution in [-0.2, 0) is 11.2 Å². The molecule has 1 aliphatic rings. The fourth-order valence-electron chi connectivity index (χ4n) is 2.00. The van der Waals surface area contributed by atoms with Crippen LogP contribution in [0.15, 0.2) is 18.2 Å². The molecule has 1 heterocycles. The maximum atomic E-state index is 13.0. The summed E-state index contributed by atoms with van der Waals surface area (Å²) in [5.74, 6) is -0.582. The van der Waals surface area contributed by atoms with E-state index in [1.54, 1.807) is 6.07 Å². The van der Waals surface area contributed by atoms with Crippen LogP contribution in [0, 0.1) is 5.82 Å². The fourth-order valence-corrected chi connectivity index (χ4v) is 2.00. The Balaban J connectivity index is 2.30. The minimum atomic E-state index is -0.354. The molecule has 2 rings (SSSR count). The van der Waals surface area contributed by atoms with Crippen LogP contribution in [0.4, 0.5) is 10.1 Å². The van der Waals surface area contributed by atoms with E-state index < -0.39 is 0 Å². The Morgan fingerprint density at radius 1 is 1.53 bits per heavy atom. The number of carbonyl (C=O) groups excluding carboxylic acids is 1. The molecule has 1 aliphatic heterocycles. The molecular formula is C11H13FN2O. The molecule has 0 atom stereocenters. The largest absolute Gasteiger partial charge is 0.368 e. The van der Waals surface area contributed by atoms with Gasteiger partial charge in [-0.3, -0.25) is 4.79 Å². The second kappa shape index (κ2) is 3.88. The number of primary amides is 1. The van der Waals surface area contributed by atoms with Gasteiger partial charge in [0.05, 0.1) is 6.54 Å². The summed E-state index contributed by atoms with van der Waals surface area (Å²) in [5.41, 5.74) is 7.05. The molecule has 80 valence electrons. The highest BCUT2D eigenvalue weighted by atomic mass is 19.1. The van der Waals surface area contributed by atoms with Gasteiger partial charge in [-0.15, -0.1) is 0 Å². The Morgan fingerprint density at radius 3 is 3.07 bits per heavy atom. The molecule has 4 heteroatoms. The first-order valence-electron chi connectivity index (χ1n) is 4.98. The van der Waals surface area contributed by atoms with Crippen LogP contribution in [0.5, 0.6) is 0 Å². The summed E-state index contributed by atoms with van der Waals surface area (Å²) in [6, 6.07) is 4.66. The van der Waals surface area contributed by atoms with Crippen LogP contribution in [0.1, 0.15) is 12.0 Å². The molecule has 15 heavy (non-hydrogen) atoms. The summed E-state index contributed by atoms with van der Waals surface area (Å²) >= 11 is 0. The monoisotopic (exact) mass is 208 g/mol. The number of hydrogen-bond donors (Lipinski definition) is 1. The number of amides is 1. The van der Waals surface area contributed by atoms with Crippen molar-refractivity contribution in [2.45, 2.75) is 12.8 Å². The van der Waals surface area contributed by atoms with Crippen LogP contribution in [0.25, 0.3) is 0 Å². The van der Waals surface area contributed by atoms with Gasteiger partial charge in [0, 0.05) is 12.2 Å². The normalized spacial score (nSPS) is 14.9. The maximum absolute atomic E-state index is 13.0. The third-order valence-electron chi connectivity index (χ3n) is 2.60. The first-order chi connectivity index (χ1) is 7.16. The van der Waals surface area contributed by atoms with Gasteiger partial charge < -0.3 is 10.6 Å². The summed E-state index contributed by atoms with van der Waals surface area (Å²) in [5, 5.41) is 0. The molecule has 0 fully saturated rings. The lowest BCUT2D eigenvalue weighted by Crippen LogP contribution is -2.37. The van der Waals surface area contributed by atoms with E-state index in [1.807, 2.05) is 4.90 Å². The van der Waals surface area contributed by atoms with Crippen molar-refractivity contribution in [1.29, 1.82) is 0 Å². The summed E-state index contributed by atoms with van der Waals surface area (Å²) in [6.07, 6.45) is 1.80. The second-order valence-electron chi connectivity index (χ2n) is 3.76. The lowest BCUT2D eigenvalue weighted by Gasteiger charge is -2.30. The van der Waals surface area contributed by atoms with Gasteiger partial charge in [0.2, 0.25) is 5.91 Å². The van der Waals surface area contributed by atoms with E-state index in [9.17, 15) is 9.18 Å². The molecule has 0 saturated carbocycles. The van der Waals surface area contributed by atoms with Crippen LogP contribution in [0.2, 0.25) is 0 Å². The van der Waals surface area contributed by atoms with E-state index >= 15 is 0 Å². The smallest absolute Gasteiger partial charge is 0.236 e. The molecule has 1 aromatic rings. The van der Waals surface area contributed by atoms with Crippen molar-refractivity contribution in [3.05, 3.63) is 29.6 Å². The van der Waals surface area contributed by atoms with E-state index in [0.717, 1.165) is 30.6 Å². The van der Waals surface area contributed by atoms with Crippen molar-refractivity contribution in [2.24, 2.45) is 5.73 Å². The SMILES string of the molecule is NC(=O)CN1CCCc2cc(F)ccc21. The molecule has 0 aromatic heterocycles.